The number of amidine groups is 1. The fourth-order valence-electron chi connectivity index (χ4n) is 1.26. The topological polar surface area (TPSA) is 68.3 Å². The molecule has 0 saturated carbocycles. The van der Waals surface area contributed by atoms with Crippen LogP contribution < -0.4 is 15.2 Å². The summed E-state index contributed by atoms with van der Waals surface area (Å²) in [6.45, 7) is -0.746. The van der Waals surface area contributed by atoms with Crippen molar-refractivity contribution in [1.29, 1.82) is 5.41 Å². The number of halogens is 4. The van der Waals surface area contributed by atoms with Gasteiger partial charge in [-0.3, -0.25) is 5.41 Å². The van der Waals surface area contributed by atoms with Crippen molar-refractivity contribution in [3.8, 4) is 11.5 Å². The van der Waals surface area contributed by atoms with E-state index in [2.05, 4.69) is 15.9 Å². The van der Waals surface area contributed by atoms with Crippen molar-refractivity contribution in [1.82, 2.24) is 0 Å². The van der Waals surface area contributed by atoms with Crippen LogP contribution in [-0.2, 0) is 0 Å². The highest BCUT2D eigenvalue weighted by molar-refractivity contribution is 9.10. The third-order valence-corrected chi connectivity index (χ3v) is 2.93. The Morgan fingerprint density at radius 3 is 2.53 bits per heavy atom. The van der Waals surface area contributed by atoms with E-state index in [1.54, 1.807) is 12.1 Å². The van der Waals surface area contributed by atoms with Gasteiger partial charge < -0.3 is 15.2 Å². The van der Waals surface area contributed by atoms with Crippen LogP contribution in [-0.4, -0.2) is 25.7 Å². The summed E-state index contributed by atoms with van der Waals surface area (Å²) >= 11 is 3.15. The first-order chi connectivity index (χ1) is 8.75. The second kappa shape index (κ2) is 6.14. The number of alkyl halides is 3. The van der Waals surface area contributed by atoms with Gasteiger partial charge >= 0.3 is 6.18 Å². The number of ether oxygens (including phenoxy) is 2. The van der Waals surface area contributed by atoms with Crippen LogP contribution in [0.3, 0.4) is 0 Å². The van der Waals surface area contributed by atoms with Crippen LogP contribution in [0, 0.1) is 11.3 Å². The Kier molecular flexibility index (Phi) is 5.04. The third-order valence-electron chi connectivity index (χ3n) is 2.32. The van der Waals surface area contributed by atoms with E-state index in [9.17, 15) is 13.2 Å². The van der Waals surface area contributed by atoms with Crippen LogP contribution in [0.15, 0.2) is 22.7 Å². The predicted molar refractivity (Wildman–Crippen MR) is 67.6 cm³/mol. The summed E-state index contributed by atoms with van der Waals surface area (Å²) in [6, 6.07) is 4.58. The summed E-state index contributed by atoms with van der Waals surface area (Å²) < 4.78 is 48.1. The van der Waals surface area contributed by atoms with Crippen LogP contribution in [0.25, 0.3) is 0 Å². The molecule has 0 fully saturated rings. The lowest BCUT2D eigenvalue weighted by Crippen LogP contribution is -2.39. The summed E-state index contributed by atoms with van der Waals surface area (Å²) in [7, 11) is 1.47. The second-order valence-electron chi connectivity index (χ2n) is 3.66. The van der Waals surface area contributed by atoms with Gasteiger partial charge in [0.25, 0.3) is 0 Å². The molecule has 1 aromatic carbocycles. The van der Waals surface area contributed by atoms with Crippen molar-refractivity contribution >= 4 is 21.8 Å². The molecule has 0 heterocycles. The van der Waals surface area contributed by atoms with Crippen LogP contribution in [0.2, 0.25) is 0 Å². The largest absolute Gasteiger partial charge is 0.497 e. The Bertz CT molecular complexity index is 466. The molecule has 1 unspecified atom stereocenters. The van der Waals surface area contributed by atoms with Gasteiger partial charge in [0.1, 0.15) is 29.9 Å². The molecule has 0 aromatic heterocycles. The Morgan fingerprint density at radius 1 is 1.47 bits per heavy atom. The van der Waals surface area contributed by atoms with E-state index in [1.807, 2.05) is 0 Å². The molecular formula is C11H12BrF3N2O2. The van der Waals surface area contributed by atoms with Crippen molar-refractivity contribution in [2.24, 2.45) is 11.7 Å². The molecule has 1 aromatic rings. The van der Waals surface area contributed by atoms with Crippen molar-refractivity contribution in [2.75, 3.05) is 13.7 Å². The zero-order chi connectivity index (χ0) is 14.6. The maximum atomic E-state index is 12.6. The molecule has 0 aliphatic carbocycles. The smallest absolute Gasteiger partial charge is 0.401 e. The number of rotatable bonds is 5. The Labute approximate surface area is 116 Å². The number of nitrogens with one attached hydrogen (secondary N) is 1. The van der Waals surface area contributed by atoms with Gasteiger partial charge in [0.2, 0.25) is 0 Å². The van der Waals surface area contributed by atoms with E-state index >= 15 is 0 Å². The molecule has 8 heteroatoms. The Morgan fingerprint density at radius 2 is 2.11 bits per heavy atom. The Hall–Kier alpha value is -1.44. The zero-order valence-corrected chi connectivity index (χ0v) is 11.5. The molecule has 0 saturated heterocycles. The molecule has 0 aliphatic rings. The van der Waals surface area contributed by atoms with Gasteiger partial charge in [0.15, 0.2) is 0 Å². The van der Waals surface area contributed by atoms with Crippen LogP contribution in [0.5, 0.6) is 11.5 Å². The van der Waals surface area contributed by atoms with Gasteiger partial charge in [-0.2, -0.15) is 13.2 Å². The number of nitrogens with two attached hydrogens (primary N) is 1. The number of hydrogen-bond donors (Lipinski definition) is 2. The maximum Gasteiger partial charge on any atom is 0.401 e. The molecule has 0 aliphatic heterocycles. The van der Waals surface area contributed by atoms with Crippen molar-refractivity contribution < 1.29 is 22.6 Å². The minimum absolute atomic E-state index is 0.219. The van der Waals surface area contributed by atoms with Gasteiger partial charge in [-0.15, -0.1) is 0 Å². The van der Waals surface area contributed by atoms with E-state index < -0.39 is 24.5 Å². The van der Waals surface area contributed by atoms with E-state index in [0.717, 1.165) is 0 Å². The molecule has 0 radical (unpaired) electrons. The average molecular weight is 341 g/mol. The average Bonchev–Trinajstić information content (AvgIpc) is 2.28. The number of methoxy groups -OCH3 is 1. The molecule has 0 spiro atoms. The summed E-state index contributed by atoms with van der Waals surface area (Å²) in [5, 5.41) is 6.94. The lowest BCUT2D eigenvalue weighted by molar-refractivity contribution is -0.162. The number of benzene rings is 1. The van der Waals surface area contributed by atoms with Gasteiger partial charge in [-0.1, -0.05) is 0 Å². The lowest BCUT2D eigenvalue weighted by Gasteiger charge is -2.19. The minimum atomic E-state index is -4.61. The quantitative estimate of drug-likeness (QED) is 0.639. The molecule has 0 bridgehead atoms. The molecule has 106 valence electrons. The van der Waals surface area contributed by atoms with Crippen LogP contribution >= 0.6 is 15.9 Å². The molecule has 0 amide bonds. The molecule has 1 atom stereocenters. The zero-order valence-electron chi connectivity index (χ0n) is 9.92. The highest BCUT2D eigenvalue weighted by atomic mass is 79.9. The van der Waals surface area contributed by atoms with E-state index in [-0.39, 0.29) is 5.75 Å². The standard InChI is InChI=1S/C11H12BrF3N2O2/c1-18-6-2-3-9(8(12)4-6)19-5-7(10(16)17)11(13,14)15/h2-4,7H,5H2,1H3,(H3,16,17). The summed E-state index contributed by atoms with van der Waals surface area (Å²) in [4.78, 5) is 0. The van der Waals surface area contributed by atoms with Gasteiger partial charge in [-0.25, -0.2) is 0 Å². The third kappa shape index (κ3) is 4.30. The summed E-state index contributed by atoms with van der Waals surface area (Å²) in [5.74, 6) is -2.34. The van der Waals surface area contributed by atoms with Crippen molar-refractivity contribution in [3.63, 3.8) is 0 Å². The fourth-order valence-corrected chi connectivity index (χ4v) is 1.73. The van der Waals surface area contributed by atoms with E-state index in [0.29, 0.717) is 10.2 Å². The maximum absolute atomic E-state index is 12.6. The van der Waals surface area contributed by atoms with Crippen LogP contribution in [0.4, 0.5) is 13.2 Å². The predicted octanol–water partition coefficient (Wildman–Crippen LogP) is 2.95. The van der Waals surface area contributed by atoms with Crippen LogP contribution in [0.1, 0.15) is 0 Å². The lowest BCUT2D eigenvalue weighted by atomic mass is 10.1. The Balaban J connectivity index is 2.78. The summed E-state index contributed by atoms with van der Waals surface area (Å²) in [5.41, 5.74) is 4.92. The first-order valence-electron chi connectivity index (χ1n) is 5.12. The monoisotopic (exact) mass is 340 g/mol. The van der Waals surface area contributed by atoms with Gasteiger partial charge in [-0.05, 0) is 34.1 Å². The highest BCUT2D eigenvalue weighted by Gasteiger charge is 2.42. The van der Waals surface area contributed by atoms with E-state index in [1.165, 1.54) is 13.2 Å². The molecule has 19 heavy (non-hydrogen) atoms. The fraction of sp³-hybridized carbons (Fsp3) is 0.364. The van der Waals surface area contributed by atoms with Gasteiger partial charge in [0, 0.05) is 0 Å². The normalized spacial score (nSPS) is 12.9. The first kappa shape index (κ1) is 15.6. The minimum Gasteiger partial charge on any atom is -0.497 e. The first-order valence-corrected chi connectivity index (χ1v) is 5.92. The SMILES string of the molecule is COc1ccc(OCC(C(=N)N)C(F)(F)F)c(Br)c1. The van der Waals surface area contributed by atoms with Crippen molar-refractivity contribution in [3.05, 3.63) is 22.7 Å². The molecule has 4 nitrogen and oxygen atoms in total. The summed E-state index contributed by atoms with van der Waals surface area (Å²) in [6.07, 6.45) is -4.61. The number of hydrogen-bond acceptors (Lipinski definition) is 3. The molecular weight excluding hydrogens is 329 g/mol. The second-order valence-corrected chi connectivity index (χ2v) is 4.51. The molecule has 3 N–H and O–H groups in total. The molecule has 1 rings (SSSR count). The van der Waals surface area contributed by atoms with E-state index in [4.69, 9.17) is 20.6 Å². The van der Waals surface area contributed by atoms with Gasteiger partial charge in [0.05, 0.1) is 11.6 Å². The highest BCUT2D eigenvalue weighted by Crippen LogP contribution is 2.31. The van der Waals surface area contributed by atoms with Crippen molar-refractivity contribution in [2.45, 2.75) is 6.18 Å².